The van der Waals surface area contributed by atoms with Crippen molar-refractivity contribution >= 4 is 23.2 Å². The van der Waals surface area contributed by atoms with Gasteiger partial charge in [0.25, 0.3) is 0 Å². The van der Waals surface area contributed by atoms with Crippen LogP contribution < -0.4 is 0 Å². The first-order valence-corrected chi connectivity index (χ1v) is 10.0. The quantitative estimate of drug-likeness (QED) is 0.624. The van der Waals surface area contributed by atoms with Crippen molar-refractivity contribution < 1.29 is 14.3 Å². The van der Waals surface area contributed by atoms with Gasteiger partial charge in [0, 0.05) is 10.6 Å². The number of halogens is 1. The van der Waals surface area contributed by atoms with Crippen LogP contribution in [-0.2, 0) is 20.7 Å². The number of ketones is 2. The highest BCUT2D eigenvalue weighted by Gasteiger charge is 2.53. The molecule has 0 spiro atoms. The maximum atomic E-state index is 13.2. The van der Waals surface area contributed by atoms with E-state index in [0.29, 0.717) is 5.02 Å². The van der Waals surface area contributed by atoms with E-state index in [0.717, 1.165) is 34.2 Å². The summed E-state index contributed by atoms with van der Waals surface area (Å²) >= 11 is 6.47. The molecule has 28 heavy (non-hydrogen) atoms. The lowest BCUT2D eigenvalue weighted by molar-refractivity contribution is -0.184. The Balaban J connectivity index is 2.19. The van der Waals surface area contributed by atoms with Crippen LogP contribution in [-0.4, -0.2) is 22.8 Å². The number of Topliss-reactive ketones (excluding diaryl/α,β-unsaturated/α-hetero) is 2. The maximum absolute atomic E-state index is 13.2. The number of ether oxygens (including phenoxy) is 1. The van der Waals surface area contributed by atoms with Gasteiger partial charge in [0.15, 0.2) is 11.6 Å². The van der Waals surface area contributed by atoms with Gasteiger partial charge in [0.1, 0.15) is 17.1 Å². The minimum atomic E-state index is -1.02. The highest BCUT2D eigenvalue weighted by atomic mass is 35.5. The molecule has 1 aliphatic rings. The average molecular weight is 399 g/mol. The molecule has 148 valence electrons. The Morgan fingerprint density at radius 3 is 2.11 bits per heavy atom. The topological polar surface area (TPSA) is 43.4 Å². The first-order chi connectivity index (χ1) is 13.0. The van der Waals surface area contributed by atoms with Gasteiger partial charge in [0.2, 0.25) is 0 Å². The Bertz CT molecular complexity index is 930. The van der Waals surface area contributed by atoms with Gasteiger partial charge in [-0.2, -0.15) is 0 Å². The largest absolute Gasteiger partial charge is 0.354 e. The summed E-state index contributed by atoms with van der Waals surface area (Å²) in [7, 11) is 0. The highest BCUT2D eigenvalue weighted by Crippen LogP contribution is 2.41. The molecule has 3 rings (SSSR count). The van der Waals surface area contributed by atoms with Crippen molar-refractivity contribution in [2.24, 2.45) is 0 Å². The minimum Gasteiger partial charge on any atom is -0.354 e. The van der Waals surface area contributed by atoms with Crippen molar-refractivity contribution in [1.82, 2.24) is 0 Å². The monoisotopic (exact) mass is 398 g/mol. The Hall–Kier alpha value is -1.97. The van der Waals surface area contributed by atoms with Crippen LogP contribution in [0.5, 0.6) is 0 Å². The lowest BCUT2D eigenvalue weighted by Crippen LogP contribution is -2.58. The molecular formula is C24H27ClO3. The molecule has 0 aromatic heterocycles. The molecule has 0 radical (unpaired) electrons. The Morgan fingerprint density at radius 2 is 1.57 bits per heavy atom. The van der Waals surface area contributed by atoms with Crippen molar-refractivity contribution in [3.63, 3.8) is 0 Å². The van der Waals surface area contributed by atoms with E-state index in [4.69, 9.17) is 16.3 Å². The van der Waals surface area contributed by atoms with E-state index in [-0.39, 0.29) is 11.6 Å². The SMILES string of the molecule is CCc1ccc(-c2ccc(C)cc2Cl)cc1C1C(=O)C(C)(C)OC(C)(C)C1=O. The van der Waals surface area contributed by atoms with E-state index in [1.54, 1.807) is 27.7 Å². The molecule has 0 saturated carbocycles. The Kier molecular flexibility index (Phi) is 5.28. The number of carbonyl (C=O) groups excluding carboxylic acids is 2. The molecule has 0 amide bonds. The van der Waals surface area contributed by atoms with E-state index in [9.17, 15) is 9.59 Å². The Labute approximate surface area is 172 Å². The van der Waals surface area contributed by atoms with E-state index in [2.05, 4.69) is 0 Å². The van der Waals surface area contributed by atoms with Crippen LogP contribution in [0.25, 0.3) is 11.1 Å². The molecular weight excluding hydrogens is 372 g/mol. The predicted octanol–water partition coefficient (Wildman–Crippen LogP) is 5.69. The van der Waals surface area contributed by atoms with Crippen LogP contribution in [0.15, 0.2) is 36.4 Å². The average Bonchev–Trinajstić information content (AvgIpc) is 2.60. The summed E-state index contributed by atoms with van der Waals surface area (Å²) in [5.41, 5.74) is 2.58. The summed E-state index contributed by atoms with van der Waals surface area (Å²) in [5, 5.41) is 0.653. The zero-order chi connectivity index (χ0) is 20.9. The van der Waals surface area contributed by atoms with Crippen LogP contribution >= 0.6 is 11.6 Å². The molecule has 1 aliphatic heterocycles. The molecule has 0 unspecified atom stereocenters. The minimum absolute atomic E-state index is 0.196. The van der Waals surface area contributed by atoms with Crippen LogP contribution in [0.2, 0.25) is 5.02 Å². The third-order valence-corrected chi connectivity index (χ3v) is 5.81. The van der Waals surface area contributed by atoms with Crippen molar-refractivity contribution in [3.8, 4) is 11.1 Å². The third kappa shape index (κ3) is 3.54. The molecule has 3 nitrogen and oxygen atoms in total. The molecule has 0 N–H and O–H groups in total. The first kappa shape index (κ1) is 20.8. The van der Waals surface area contributed by atoms with E-state index in [1.165, 1.54) is 0 Å². The van der Waals surface area contributed by atoms with Crippen LogP contribution in [0.4, 0.5) is 0 Å². The standard InChI is InChI=1S/C24H27ClO3/c1-7-15-9-10-16(17-11-8-14(2)12-19(17)25)13-18(15)20-21(26)23(3,4)28-24(5,6)22(20)27/h8-13,20H,7H2,1-6H3. The fourth-order valence-electron chi connectivity index (χ4n) is 4.04. The molecule has 1 saturated heterocycles. The van der Waals surface area contributed by atoms with E-state index < -0.39 is 17.1 Å². The fraction of sp³-hybridized carbons (Fsp3) is 0.417. The summed E-state index contributed by atoms with van der Waals surface area (Å²) in [5.74, 6) is -1.23. The smallest absolute Gasteiger partial charge is 0.179 e. The lowest BCUT2D eigenvalue weighted by atomic mass is 9.73. The second-order valence-electron chi connectivity index (χ2n) is 8.53. The summed E-state index contributed by atoms with van der Waals surface area (Å²) < 4.78 is 5.84. The first-order valence-electron chi connectivity index (χ1n) is 9.66. The predicted molar refractivity (Wildman–Crippen MR) is 113 cm³/mol. The Morgan fingerprint density at radius 1 is 0.964 bits per heavy atom. The van der Waals surface area contributed by atoms with E-state index in [1.807, 2.05) is 50.2 Å². The van der Waals surface area contributed by atoms with Crippen molar-refractivity contribution in [2.75, 3.05) is 0 Å². The molecule has 1 heterocycles. The molecule has 2 aromatic carbocycles. The number of hydrogen-bond acceptors (Lipinski definition) is 3. The normalized spacial score (nSPS) is 19.1. The molecule has 4 heteroatoms. The van der Waals surface area contributed by atoms with E-state index >= 15 is 0 Å². The zero-order valence-electron chi connectivity index (χ0n) is 17.4. The summed E-state index contributed by atoms with van der Waals surface area (Å²) in [6.45, 7) is 11.0. The molecule has 2 aromatic rings. The van der Waals surface area contributed by atoms with Crippen LogP contribution in [0.1, 0.15) is 57.2 Å². The highest BCUT2D eigenvalue weighted by molar-refractivity contribution is 6.33. The fourth-order valence-corrected chi connectivity index (χ4v) is 4.39. The van der Waals surface area contributed by atoms with Gasteiger partial charge in [-0.15, -0.1) is 0 Å². The van der Waals surface area contributed by atoms with Gasteiger partial charge in [-0.3, -0.25) is 9.59 Å². The van der Waals surface area contributed by atoms with Gasteiger partial charge < -0.3 is 4.74 Å². The molecule has 0 bridgehead atoms. The van der Waals surface area contributed by atoms with Gasteiger partial charge in [-0.1, -0.05) is 42.8 Å². The number of rotatable bonds is 3. The molecule has 1 fully saturated rings. The summed E-state index contributed by atoms with van der Waals surface area (Å²) in [6, 6.07) is 11.9. The summed E-state index contributed by atoms with van der Waals surface area (Å²) in [6.07, 6.45) is 0.732. The lowest BCUT2D eigenvalue weighted by Gasteiger charge is -2.43. The van der Waals surface area contributed by atoms with Crippen molar-refractivity contribution in [3.05, 3.63) is 58.1 Å². The number of carbonyl (C=O) groups is 2. The molecule has 0 aliphatic carbocycles. The second-order valence-corrected chi connectivity index (χ2v) is 8.94. The van der Waals surface area contributed by atoms with Crippen LogP contribution in [0.3, 0.4) is 0 Å². The summed E-state index contributed by atoms with van der Waals surface area (Å²) in [4.78, 5) is 26.4. The second kappa shape index (κ2) is 7.13. The number of aryl methyl sites for hydroxylation is 2. The number of benzene rings is 2. The van der Waals surface area contributed by atoms with Crippen molar-refractivity contribution in [2.45, 2.75) is 65.1 Å². The number of hydrogen-bond donors (Lipinski definition) is 0. The van der Waals surface area contributed by atoms with Gasteiger partial charge in [0.05, 0.1) is 0 Å². The van der Waals surface area contributed by atoms with Gasteiger partial charge in [-0.05, 0) is 75.4 Å². The zero-order valence-corrected chi connectivity index (χ0v) is 18.1. The molecule has 0 atom stereocenters. The van der Waals surface area contributed by atoms with Crippen LogP contribution in [0, 0.1) is 6.92 Å². The van der Waals surface area contributed by atoms with Gasteiger partial charge in [-0.25, -0.2) is 0 Å². The maximum Gasteiger partial charge on any atom is 0.179 e. The van der Waals surface area contributed by atoms with Crippen molar-refractivity contribution in [1.29, 1.82) is 0 Å². The third-order valence-electron chi connectivity index (χ3n) is 5.49. The van der Waals surface area contributed by atoms with Gasteiger partial charge >= 0.3 is 0 Å².